The molecule has 0 aliphatic heterocycles. The molecule has 1 aromatic carbocycles. The highest BCUT2D eigenvalue weighted by Crippen LogP contribution is 2.15. The summed E-state index contributed by atoms with van der Waals surface area (Å²) in [5.74, 6) is 0.561. The second-order valence-electron chi connectivity index (χ2n) is 5.86. The molecule has 3 heteroatoms. The van der Waals surface area contributed by atoms with Crippen LogP contribution in [0, 0.1) is 0 Å². The average molecular weight is 278 g/mol. The molecule has 20 heavy (non-hydrogen) atoms. The summed E-state index contributed by atoms with van der Waals surface area (Å²) in [5.41, 5.74) is 2.76. The zero-order chi connectivity index (χ0) is 15.0. The highest BCUT2D eigenvalue weighted by molar-refractivity contribution is 5.25. The van der Waals surface area contributed by atoms with Crippen LogP contribution in [0.3, 0.4) is 0 Å². The van der Waals surface area contributed by atoms with Gasteiger partial charge in [-0.25, -0.2) is 0 Å². The maximum atomic E-state index is 5.58. The topological polar surface area (TPSA) is 24.5 Å². The van der Waals surface area contributed by atoms with Crippen molar-refractivity contribution in [1.82, 2.24) is 10.2 Å². The number of nitrogens with zero attached hydrogens (tertiary/aromatic N) is 1. The number of ether oxygens (including phenoxy) is 1. The van der Waals surface area contributed by atoms with E-state index in [0.717, 1.165) is 26.2 Å². The van der Waals surface area contributed by atoms with Crippen LogP contribution in [-0.4, -0.2) is 44.8 Å². The Kier molecular flexibility index (Phi) is 7.82. The van der Waals surface area contributed by atoms with Crippen molar-refractivity contribution in [2.24, 2.45) is 0 Å². The molecule has 0 amide bonds. The SMILES string of the molecule is CNCC(C)c1ccc(CN(C)CCOC(C)C)cc1. The van der Waals surface area contributed by atoms with Gasteiger partial charge >= 0.3 is 0 Å². The third-order valence-electron chi connectivity index (χ3n) is 3.44. The molecular weight excluding hydrogens is 248 g/mol. The molecule has 3 nitrogen and oxygen atoms in total. The number of likely N-dealkylation sites (N-methyl/N-ethyl adjacent to an activating group) is 2. The molecule has 1 rings (SSSR count). The van der Waals surface area contributed by atoms with E-state index in [4.69, 9.17) is 4.74 Å². The van der Waals surface area contributed by atoms with Gasteiger partial charge in [0.1, 0.15) is 0 Å². The number of rotatable bonds is 9. The molecule has 0 aliphatic carbocycles. The lowest BCUT2D eigenvalue weighted by atomic mass is 10.00. The Morgan fingerprint density at radius 3 is 2.35 bits per heavy atom. The molecule has 0 heterocycles. The van der Waals surface area contributed by atoms with Crippen molar-refractivity contribution in [1.29, 1.82) is 0 Å². The van der Waals surface area contributed by atoms with Crippen LogP contribution in [0.4, 0.5) is 0 Å². The van der Waals surface area contributed by atoms with Gasteiger partial charge in [0.25, 0.3) is 0 Å². The maximum Gasteiger partial charge on any atom is 0.0596 e. The summed E-state index contributed by atoms with van der Waals surface area (Å²) in [6, 6.07) is 8.97. The lowest BCUT2D eigenvalue weighted by Crippen LogP contribution is -2.24. The molecule has 1 N–H and O–H groups in total. The Bertz CT molecular complexity index is 362. The Labute approximate surface area is 124 Å². The minimum absolute atomic E-state index is 0.316. The van der Waals surface area contributed by atoms with Gasteiger partial charge in [0.15, 0.2) is 0 Å². The largest absolute Gasteiger partial charge is 0.377 e. The van der Waals surface area contributed by atoms with Crippen molar-refractivity contribution >= 4 is 0 Å². The van der Waals surface area contributed by atoms with Crippen molar-refractivity contribution in [3.8, 4) is 0 Å². The molecule has 0 fully saturated rings. The van der Waals surface area contributed by atoms with Gasteiger partial charge in [0.2, 0.25) is 0 Å². The normalized spacial score (nSPS) is 13.2. The summed E-state index contributed by atoms with van der Waals surface area (Å²) < 4.78 is 5.58. The van der Waals surface area contributed by atoms with Gasteiger partial charge in [-0.05, 0) is 45.0 Å². The summed E-state index contributed by atoms with van der Waals surface area (Å²) in [6.45, 7) is 10.2. The van der Waals surface area contributed by atoms with Gasteiger partial charge in [0.05, 0.1) is 12.7 Å². The Balaban J connectivity index is 2.40. The van der Waals surface area contributed by atoms with E-state index in [-0.39, 0.29) is 0 Å². The van der Waals surface area contributed by atoms with Crippen LogP contribution >= 0.6 is 0 Å². The Morgan fingerprint density at radius 2 is 1.80 bits per heavy atom. The number of hydrogen-bond acceptors (Lipinski definition) is 3. The Hall–Kier alpha value is -0.900. The van der Waals surface area contributed by atoms with Crippen molar-refractivity contribution in [3.05, 3.63) is 35.4 Å². The number of nitrogens with one attached hydrogen (secondary N) is 1. The van der Waals surface area contributed by atoms with Crippen LogP contribution in [0.5, 0.6) is 0 Å². The fourth-order valence-electron chi connectivity index (χ4n) is 2.21. The standard InChI is InChI=1S/C17H30N2O/c1-14(2)20-11-10-19(5)13-16-6-8-17(9-7-16)15(3)12-18-4/h6-9,14-15,18H,10-13H2,1-5H3. The minimum atomic E-state index is 0.316. The second-order valence-corrected chi connectivity index (χ2v) is 5.86. The van der Waals surface area contributed by atoms with Gasteiger partial charge < -0.3 is 10.1 Å². The van der Waals surface area contributed by atoms with E-state index in [1.165, 1.54) is 11.1 Å². The first-order chi connectivity index (χ1) is 9.52. The van der Waals surface area contributed by atoms with Crippen molar-refractivity contribution in [2.75, 3.05) is 33.8 Å². The number of hydrogen-bond donors (Lipinski definition) is 1. The quantitative estimate of drug-likeness (QED) is 0.752. The molecule has 0 aliphatic rings. The van der Waals surface area contributed by atoms with Gasteiger partial charge in [-0.15, -0.1) is 0 Å². The first-order valence-corrected chi connectivity index (χ1v) is 7.56. The predicted octanol–water partition coefficient (Wildman–Crippen LogP) is 2.87. The van der Waals surface area contributed by atoms with Crippen molar-refractivity contribution in [3.63, 3.8) is 0 Å². The minimum Gasteiger partial charge on any atom is -0.377 e. The van der Waals surface area contributed by atoms with E-state index in [1.54, 1.807) is 0 Å². The average Bonchev–Trinajstić information content (AvgIpc) is 2.39. The summed E-state index contributed by atoms with van der Waals surface area (Å²) in [6.07, 6.45) is 0.316. The van der Waals surface area contributed by atoms with Crippen LogP contribution in [0.1, 0.15) is 37.8 Å². The summed E-state index contributed by atoms with van der Waals surface area (Å²) in [5, 5.41) is 3.22. The van der Waals surface area contributed by atoms with E-state index in [1.807, 2.05) is 7.05 Å². The first-order valence-electron chi connectivity index (χ1n) is 7.56. The van der Waals surface area contributed by atoms with Gasteiger partial charge in [0, 0.05) is 19.6 Å². The molecule has 1 aromatic rings. The molecule has 1 atom stereocenters. The second kappa shape index (κ2) is 9.11. The highest BCUT2D eigenvalue weighted by Gasteiger charge is 2.05. The van der Waals surface area contributed by atoms with Crippen molar-refractivity contribution < 1.29 is 4.74 Å². The van der Waals surface area contributed by atoms with Crippen LogP contribution in [0.25, 0.3) is 0 Å². The smallest absolute Gasteiger partial charge is 0.0596 e. The third-order valence-corrected chi connectivity index (χ3v) is 3.44. The zero-order valence-corrected chi connectivity index (χ0v) is 13.6. The molecule has 0 saturated heterocycles. The fourth-order valence-corrected chi connectivity index (χ4v) is 2.21. The lowest BCUT2D eigenvalue weighted by Gasteiger charge is -2.18. The fraction of sp³-hybridized carbons (Fsp3) is 0.647. The van der Waals surface area contributed by atoms with Crippen molar-refractivity contribution in [2.45, 2.75) is 39.3 Å². The zero-order valence-electron chi connectivity index (χ0n) is 13.6. The monoisotopic (exact) mass is 278 g/mol. The molecule has 0 saturated carbocycles. The van der Waals surface area contributed by atoms with E-state index in [2.05, 4.69) is 62.3 Å². The Morgan fingerprint density at radius 1 is 1.15 bits per heavy atom. The van der Waals surface area contributed by atoms with E-state index >= 15 is 0 Å². The maximum absolute atomic E-state index is 5.58. The van der Waals surface area contributed by atoms with Gasteiger partial charge in [-0.1, -0.05) is 31.2 Å². The van der Waals surface area contributed by atoms with Crippen LogP contribution < -0.4 is 5.32 Å². The summed E-state index contributed by atoms with van der Waals surface area (Å²) in [4.78, 5) is 2.30. The molecule has 114 valence electrons. The van der Waals surface area contributed by atoms with E-state index in [9.17, 15) is 0 Å². The molecule has 0 radical (unpaired) electrons. The third kappa shape index (κ3) is 6.51. The van der Waals surface area contributed by atoms with E-state index < -0.39 is 0 Å². The molecule has 0 aromatic heterocycles. The number of benzene rings is 1. The molecule has 1 unspecified atom stereocenters. The van der Waals surface area contributed by atoms with Crippen LogP contribution in [0.15, 0.2) is 24.3 Å². The summed E-state index contributed by atoms with van der Waals surface area (Å²) >= 11 is 0. The van der Waals surface area contributed by atoms with E-state index in [0.29, 0.717) is 12.0 Å². The molecular formula is C17H30N2O. The first kappa shape index (κ1) is 17.2. The summed E-state index contributed by atoms with van der Waals surface area (Å²) in [7, 11) is 4.14. The highest BCUT2D eigenvalue weighted by atomic mass is 16.5. The van der Waals surface area contributed by atoms with Crippen LogP contribution in [0.2, 0.25) is 0 Å². The van der Waals surface area contributed by atoms with Gasteiger partial charge in [-0.3, -0.25) is 4.90 Å². The lowest BCUT2D eigenvalue weighted by molar-refractivity contribution is 0.0627. The van der Waals surface area contributed by atoms with Gasteiger partial charge in [-0.2, -0.15) is 0 Å². The predicted molar refractivity (Wildman–Crippen MR) is 86.2 cm³/mol. The molecule has 0 spiro atoms. The molecule has 0 bridgehead atoms. The van der Waals surface area contributed by atoms with Crippen LogP contribution in [-0.2, 0) is 11.3 Å².